The smallest absolute Gasteiger partial charge is 0.269 e. The summed E-state index contributed by atoms with van der Waals surface area (Å²) in [7, 11) is 0. The van der Waals surface area contributed by atoms with E-state index in [0.29, 0.717) is 37.7 Å². The molecular formula is C24H29FN6O2. The molecule has 2 atom stereocenters. The maximum Gasteiger partial charge on any atom is 0.269 e. The normalized spacial score (nSPS) is 25.2. The predicted octanol–water partition coefficient (Wildman–Crippen LogP) is 2.56. The van der Waals surface area contributed by atoms with E-state index in [1.165, 1.54) is 18.0 Å². The topological polar surface area (TPSA) is 91.7 Å². The first-order valence-electron chi connectivity index (χ1n) is 11.7. The van der Waals surface area contributed by atoms with Gasteiger partial charge < -0.3 is 20.4 Å². The quantitative estimate of drug-likeness (QED) is 0.700. The summed E-state index contributed by atoms with van der Waals surface area (Å²) in [4.78, 5) is 29.2. The largest absolute Gasteiger partial charge is 0.385 e. The number of carbonyl (C=O) groups excluding carboxylic acids is 1. The fraction of sp³-hybridized carbons (Fsp3) is 0.500. The molecule has 1 aromatic carbocycles. The van der Waals surface area contributed by atoms with E-state index in [9.17, 15) is 9.18 Å². The van der Waals surface area contributed by atoms with E-state index in [1.54, 1.807) is 0 Å². The van der Waals surface area contributed by atoms with Gasteiger partial charge in [-0.2, -0.15) is 0 Å². The molecule has 1 saturated carbocycles. The fourth-order valence-electron chi connectivity index (χ4n) is 5.05. The van der Waals surface area contributed by atoms with Crippen LogP contribution in [-0.2, 0) is 16.2 Å². The Labute approximate surface area is 192 Å². The van der Waals surface area contributed by atoms with Gasteiger partial charge in [-0.3, -0.25) is 4.79 Å². The molecule has 2 unspecified atom stereocenters. The Morgan fingerprint density at radius 3 is 2.67 bits per heavy atom. The molecule has 33 heavy (non-hydrogen) atoms. The molecule has 0 radical (unpaired) electrons. The van der Waals surface area contributed by atoms with E-state index in [-0.39, 0.29) is 18.0 Å². The van der Waals surface area contributed by atoms with E-state index in [1.807, 2.05) is 23.1 Å². The summed E-state index contributed by atoms with van der Waals surface area (Å²) in [6.07, 6.45) is 7.81. The van der Waals surface area contributed by atoms with Gasteiger partial charge >= 0.3 is 0 Å². The lowest BCUT2D eigenvalue weighted by Crippen LogP contribution is -2.62. The summed E-state index contributed by atoms with van der Waals surface area (Å²) in [6.45, 7) is 1.83. The highest BCUT2D eigenvalue weighted by molar-refractivity contribution is 6.39. The first kappa shape index (κ1) is 21.8. The number of hydrogen-bond donors (Lipinski definition) is 2. The molecule has 8 nitrogen and oxygen atoms in total. The second-order valence-corrected chi connectivity index (χ2v) is 9.16. The van der Waals surface area contributed by atoms with Gasteiger partial charge in [0.25, 0.3) is 5.91 Å². The summed E-state index contributed by atoms with van der Waals surface area (Å²) >= 11 is 0. The Morgan fingerprint density at radius 2 is 1.91 bits per heavy atom. The maximum absolute atomic E-state index is 13.3. The van der Waals surface area contributed by atoms with E-state index >= 15 is 0 Å². The van der Waals surface area contributed by atoms with Crippen LogP contribution in [0.25, 0.3) is 0 Å². The van der Waals surface area contributed by atoms with Gasteiger partial charge in [-0.1, -0.05) is 48.3 Å². The van der Waals surface area contributed by atoms with Crippen molar-refractivity contribution in [1.29, 1.82) is 0 Å². The van der Waals surface area contributed by atoms with Gasteiger partial charge in [0, 0.05) is 25.6 Å². The lowest BCUT2D eigenvalue weighted by Gasteiger charge is -2.44. The van der Waals surface area contributed by atoms with E-state index in [0.717, 1.165) is 32.1 Å². The minimum absolute atomic E-state index is 0.0186. The Hall–Kier alpha value is -3.07. The van der Waals surface area contributed by atoms with Crippen LogP contribution < -0.4 is 15.5 Å². The van der Waals surface area contributed by atoms with Crippen molar-refractivity contribution in [2.24, 2.45) is 5.16 Å². The van der Waals surface area contributed by atoms with Gasteiger partial charge in [-0.05, 0) is 24.8 Å². The molecule has 0 bridgehead atoms. The molecule has 1 aromatic heterocycles. The number of aromatic nitrogens is 2. The molecule has 3 aliphatic rings. The SMILES string of the molecule is O=C(NC1CCCC1)C1=NOC2(C1)CN(c1ncc(F)cn1)CCC2NCc1ccccc1. The van der Waals surface area contributed by atoms with Crippen LogP contribution in [0, 0.1) is 5.82 Å². The molecule has 1 amide bonds. The maximum atomic E-state index is 13.3. The van der Waals surface area contributed by atoms with Crippen LogP contribution in [0.15, 0.2) is 47.9 Å². The number of rotatable bonds is 6. The second kappa shape index (κ2) is 9.43. The Balaban J connectivity index is 1.32. The van der Waals surface area contributed by atoms with Crippen LogP contribution in [0.1, 0.15) is 44.1 Å². The number of benzene rings is 1. The highest BCUT2D eigenvalue weighted by Crippen LogP contribution is 2.35. The first-order valence-corrected chi connectivity index (χ1v) is 11.7. The van der Waals surface area contributed by atoms with Crippen molar-refractivity contribution < 1.29 is 14.0 Å². The summed E-state index contributed by atoms with van der Waals surface area (Å²) in [5, 5.41) is 11.0. The molecule has 1 saturated heterocycles. The van der Waals surface area contributed by atoms with Crippen LogP contribution in [0.3, 0.4) is 0 Å². The summed E-state index contributed by atoms with van der Waals surface area (Å²) < 4.78 is 13.3. The van der Waals surface area contributed by atoms with Crippen molar-refractivity contribution in [1.82, 2.24) is 20.6 Å². The van der Waals surface area contributed by atoms with Crippen LogP contribution >= 0.6 is 0 Å². The van der Waals surface area contributed by atoms with E-state index in [4.69, 9.17) is 4.84 Å². The third-order valence-electron chi connectivity index (χ3n) is 6.82. The zero-order valence-electron chi connectivity index (χ0n) is 18.5. The fourth-order valence-corrected chi connectivity index (χ4v) is 5.05. The molecule has 9 heteroatoms. The van der Waals surface area contributed by atoms with Crippen LogP contribution in [0.4, 0.5) is 10.3 Å². The second-order valence-electron chi connectivity index (χ2n) is 9.16. The van der Waals surface area contributed by atoms with Crippen molar-refractivity contribution in [3.63, 3.8) is 0 Å². The first-order chi connectivity index (χ1) is 16.1. The minimum atomic E-state index is -0.729. The molecule has 3 heterocycles. The standard InChI is InChI=1S/C24H29FN6O2/c25-18-14-27-23(28-15-18)31-11-10-21(26-13-17-6-2-1-3-7-17)24(16-31)12-20(30-33-24)22(32)29-19-8-4-5-9-19/h1-3,6-7,14-15,19,21,26H,4-5,8-13,16H2,(H,29,32). The van der Waals surface area contributed by atoms with Crippen LogP contribution in [-0.4, -0.2) is 52.4 Å². The van der Waals surface area contributed by atoms with Crippen LogP contribution in [0.2, 0.25) is 0 Å². The van der Waals surface area contributed by atoms with Gasteiger partial charge in [0.15, 0.2) is 11.4 Å². The zero-order chi connectivity index (χ0) is 22.7. The van der Waals surface area contributed by atoms with Crippen molar-refractivity contribution in [2.75, 3.05) is 18.0 Å². The zero-order valence-corrected chi connectivity index (χ0v) is 18.5. The number of oxime groups is 1. The summed E-state index contributed by atoms with van der Waals surface area (Å²) in [5.74, 6) is -0.167. The highest BCUT2D eigenvalue weighted by atomic mass is 19.1. The van der Waals surface area contributed by atoms with Gasteiger partial charge in [0.2, 0.25) is 5.95 Å². The van der Waals surface area contributed by atoms with E-state index in [2.05, 4.69) is 37.9 Å². The van der Waals surface area contributed by atoms with E-state index < -0.39 is 11.4 Å². The van der Waals surface area contributed by atoms with Gasteiger partial charge in [-0.15, -0.1) is 0 Å². The average Bonchev–Trinajstić information content (AvgIpc) is 3.50. The number of amides is 1. The molecule has 174 valence electrons. The van der Waals surface area contributed by atoms with Gasteiger partial charge in [0.05, 0.1) is 25.0 Å². The molecule has 2 fully saturated rings. The van der Waals surface area contributed by atoms with Gasteiger partial charge in [0.1, 0.15) is 5.71 Å². The Kier molecular flexibility index (Phi) is 6.22. The van der Waals surface area contributed by atoms with Crippen molar-refractivity contribution in [3.8, 4) is 0 Å². The third kappa shape index (κ3) is 4.83. The number of nitrogens with zero attached hydrogens (tertiary/aromatic N) is 4. The highest BCUT2D eigenvalue weighted by Gasteiger charge is 2.51. The molecule has 1 spiro atoms. The summed E-state index contributed by atoms with van der Waals surface area (Å²) in [5.41, 5.74) is 0.873. The number of piperidine rings is 1. The molecule has 1 aliphatic carbocycles. The number of anilines is 1. The molecular weight excluding hydrogens is 423 g/mol. The Morgan fingerprint density at radius 1 is 1.15 bits per heavy atom. The number of carbonyl (C=O) groups is 1. The lowest BCUT2D eigenvalue weighted by atomic mass is 9.83. The Bertz CT molecular complexity index is 996. The monoisotopic (exact) mass is 452 g/mol. The minimum Gasteiger partial charge on any atom is -0.385 e. The summed E-state index contributed by atoms with van der Waals surface area (Å²) in [6, 6.07) is 10.4. The predicted molar refractivity (Wildman–Crippen MR) is 122 cm³/mol. The molecule has 5 rings (SSSR count). The average molecular weight is 453 g/mol. The van der Waals surface area contributed by atoms with Crippen molar-refractivity contribution >= 4 is 17.6 Å². The van der Waals surface area contributed by atoms with Crippen molar-refractivity contribution in [3.05, 3.63) is 54.1 Å². The third-order valence-corrected chi connectivity index (χ3v) is 6.82. The van der Waals surface area contributed by atoms with Gasteiger partial charge in [-0.25, -0.2) is 14.4 Å². The molecule has 2 N–H and O–H groups in total. The number of halogens is 1. The van der Waals surface area contributed by atoms with Crippen molar-refractivity contribution in [2.45, 2.75) is 62.8 Å². The molecule has 2 aliphatic heterocycles. The number of hydrogen-bond acceptors (Lipinski definition) is 7. The molecule has 2 aromatic rings. The lowest BCUT2D eigenvalue weighted by molar-refractivity contribution is -0.115. The van der Waals surface area contributed by atoms with Crippen LogP contribution in [0.5, 0.6) is 0 Å². The number of nitrogens with one attached hydrogen (secondary N) is 2.